The van der Waals surface area contributed by atoms with Crippen LogP contribution >= 0.6 is 0 Å². The van der Waals surface area contributed by atoms with E-state index < -0.39 is 28.6 Å². The third-order valence-corrected chi connectivity index (χ3v) is 14.7. The van der Waals surface area contributed by atoms with Gasteiger partial charge in [0.25, 0.3) is 16.7 Å². The molecule has 0 fully saturated rings. The van der Waals surface area contributed by atoms with Crippen molar-refractivity contribution in [3.05, 3.63) is 170 Å². The molecule has 0 spiro atoms. The van der Waals surface area contributed by atoms with E-state index in [1.165, 1.54) is 35.2 Å². The van der Waals surface area contributed by atoms with Crippen molar-refractivity contribution in [2.45, 2.75) is 160 Å². The summed E-state index contributed by atoms with van der Waals surface area (Å²) in [5, 5.41) is 21.2. The second-order valence-electron chi connectivity index (χ2n) is 24.0. The van der Waals surface area contributed by atoms with Crippen LogP contribution in [0.3, 0.4) is 0 Å². The second kappa shape index (κ2) is 33.7. The van der Waals surface area contributed by atoms with Crippen molar-refractivity contribution in [3.8, 4) is 34.5 Å². The lowest BCUT2D eigenvalue weighted by Crippen LogP contribution is -2.40. The Morgan fingerprint density at radius 1 is 0.511 bits per heavy atom. The lowest BCUT2D eigenvalue weighted by Gasteiger charge is -2.20. The molecule has 0 aromatic carbocycles. The number of aliphatic hydroxyl groups excluding tert-OH is 2. The minimum absolute atomic E-state index is 0.102. The molecule has 492 valence electrons. The standard InChI is InChI=1S/C23H30N4O4.C22H28N4O4.C18H20N4O3.C5H10O/c1-6-7-8-27-22(29)20-19(17(28)9-14(2)3)18(13-25-21(20)26(5)23(27)30)31-16-10-15(4)11-24-12-16;1-14(2)6-7-17-18(30-16-10-15(3)11-23-12-16)13-24-20-19(17)21(28)26(8-5-9-27)22(29)25(20)4;1-4-5-6-22-17(23)15-8-14(11-20-16(15)21(3)18(22)24)25-13-7-12(2)9-19-10-13;1-5(2)3-4-6/h10-14,17,28H,6-9H2,1-5H3;10-14,27H,5-9H2,1-4H3;7-11H,4-6H2,1-3H3;4-5H,3H2,1-2H3. The van der Waals surface area contributed by atoms with Gasteiger partial charge in [0.2, 0.25) is 0 Å². The SMILES string of the molecule is CC(C)CC=O.CCCCn1c(=O)c2c(C(O)CC(C)C)c(Oc3cncc(C)c3)cnc2n(C)c1=O.CCCCn1c(=O)c2cc(Oc3cncc(C)c3)cnc2n(C)c1=O.Cc1cncc(Oc2cnc3c(c2CCC(C)C)c(=O)n(CCCO)c(=O)n3C)c1. The number of aryl methyl sites for hydroxylation is 7. The summed E-state index contributed by atoms with van der Waals surface area (Å²) < 4.78 is 25.6. The zero-order valence-corrected chi connectivity index (χ0v) is 55.4. The first-order chi connectivity index (χ1) is 43.8. The molecule has 0 saturated heterocycles. The molecule has 0 aliphatic rings. The number of hydrogen-bond donors (Lipinski definition) is 2. The first kappa shape index (κ1) is 71.8. The summed E-state index contributed by atoms with van der Waals surface area (Å²) in [5.74, 6) is 3.94. The normalized spacial score (nSPS) is 11.5. The van der Waals surface area contributed by atoms with Crippen LogP contribution in [-0.2, 0) is 52.0 Å². The van der Waals surface area contributed by atoms with Crippen LogP contribution in [0.4, 0.5) is 0 Å². The number of hydrogen-bond acceptors (Lipinski definition) is 18. The Hall–Kier alpha value is -9.29. The molecule has 0 saturated carbocycles. The average Bonchev–Trinajstić information content (AvgIpc) is 0.848. The van der Waals surface area contributed by atoms with Crippen LogP contribution in [0.25, 0.3) is 33.1 Å². The Morgan fingerprint density at radius 3 is 1.40 bits per heavy atom. The third-order valence-electron chi connectivity index (χ3n) is 14.7. The van der Waals surface area contributed by atoms with E-state index in [9.17, 15) is 38.7 Å². The first-order valence-corrected chi connectivity index (χ1v) is 31.2. The highest BCUT2D eigenvalue weighted by Crippen LogP contribution is 2.36. The lowest BCUT2D eigenvalue weighted by molar-refractivity contribution is -0.108. The monoisotopic (exact) mass is 1260 g/mol. The molecule has 0 aliphatic carbocycles. The number of carbonyl (C=O) groups excluding carboxylic acids is 1. The molecular weight excluding hydrogens is 1180 g/mol. The van der Waals surface area contributed by atoms with Crippen LogP contribution in [0.1, 0.15) is 141 Å². The number of fused-ring (bicyclic) bond motifs is 3. The van der Waals surface area contributed by atoms with E-state index in [1.54, 1.807) is 70.6 Å². The minimum atomic E-state index is -0.955. The van der Waals surface area contributed by atoms with Crippen LogP contribution in [0.5, 0.6) is 34.5 Å². The Labute approximate surface area is 533 Å². The largest absolute Gasteiger partial charge is 0.454 e. The van der Waals surface area contributed by atoms with Gasteiger partial charge < -0.3 is 29.2 Å². The van der Waals surface area contributed by atoms with Crippen molar-refractivity contribution in [2.24, 2.45) is 38.9 Å². The average molecular weight is 1270 g/mol. The highest BCUT2D eigenvalue weighted by atomic mass is 16.5. The van der Waals surface area contributed by atoms with E-state index >= 15 is 0 Å². The van der Waals surface area contributed by atoms with E-state index in [-0.39, 0.29) is 47.1 Å². The summed E-state index contributed by atoms with van der Waals surface area (Å²) in [6, 6.07) is 7.14. The molecule has 9 heterocycles. The molecule has 2 N–H and O–H groups in total. The fourth-order valence-electron chi connectivity index (χ4n) is 9.90. The predicted octanol–water partition coefficient (Wildman–Crippen LogP) is 9.65. The number of aromatic nitrogens is 12. The summed E-state index contributed by atoms with van der Waals surface area (Å²) in [5.41, 5.74) is 2.42. The molecule has 0 bridgehead atoms. The number of rotatable bonds is 23. The number of carbonyl (C=O) groups is 1. The molecule has 24 nitrogen and oxygen atoms in total. The molecule has 92 heavy (non-hydrogen) atoms. The number of aliphatic hydroxyl groups is 2. The maximum Gasteiger partial charge on any atom is 0.332 e. The van der Waals surface area contributed by atoms with Gasteiger partial charge in [-0.15, -0.1) is 0 Å². The number of unbranched alkanes of at least 4 members (excludes halogenated alkanes) is 2. The van der Waals surface area contributed by atoms with Gasteiger partial charge >= 0.3 is 17.1 Å². The minimum Gasteiger partial charge on any atom is -0.454 e. The molecule has 9 aromatic heterocycles. The van der Waals surface area contributed by atoms with Gasteiger partial charge in [-0.1, -0.05) is 68.2 Å². The van der Waals surface area contributed by atoms with Gasteiger partial charge in [-0.2, -0.15) is 0 Å². The second-order valence-corrected chi connectivity index (χ2v) is 24.0. The van der Waals surface area contributed by atoms with Crippen LogP contribution in [0.15, 0.2) is 109 Å². The Morgan fingerprint density at radius 2 is 0.946 bits per heavy atom. The molecule has 24 heteroatoms. The first-order valence-electron chi connectivity index (χ1n) is 31.2. The summed E-state index contributed by atoms with van der Waals surface area (Å²) in [4.78, 5) is 112. The smallest absolute Gasteiger partial charge is 0.332 e. The number of pyridine rings is 6. The van der Waals surface area contributed by atoms with Gasteiger partial charge in [0, 0.05) is 83.5 Å². The molecule has 0 amide bonds. The number of aldehydes is 1. The molecule has 0 aliphatic heterocycles. The molecule has 9 rings (SSSR count). The Kier molecular flexibility index (Phi) is 26.3. The van der Waals surface area contributed by atoms with Gasteiger partial charge in [0.1, 0.15) is 52.0 Å². The van der Waals surface area contributed by atoms with Crippen molar-refractivity contribution in [1.82, 2.24) is 57.3 Å². The molecule has 1 unspecified atom stereocenters. The zero-order chi connectivity index (χ0) is 67.5. The maximum atomic E-state index is 13.4. The van der Waals surface area contributed by atoms with Gasteiger partial charge in [0.15, 0.2) is 5.75 Å². The zero-order valence-electron chi connectivity index (χ0n) is 55.4. The lowest BCUT2D eigenvalue weighted by atomic mass is 9.97. The van der Waals surface area contributed by atoms with E-state index in [4.69, 9.17) is 19.3 Å². The highest BCUT2D eigenvalue weighted by Gasteiger charge is 2.26. The van der Waals surface area contributed by atoms with Gasteiger partial charge in [-0.05, 0) is 118 Å². The molecule has 0 radical (unpaired) electrons. The summed E-state index contributed by atoms with van der Waals surface area (Å²) in [6.07, 6.45) is 20.6. The van der Waals surface area contributed by atoms with Crippen molar-refractivity contribution < 1.29 is 29.2 Å². The summed E-state index contributed by atoms with van der Waals surface area (Å²) in [7, 11) is 4.80. The van der Waals surface area contributed by atoms with Crippen molar-refractivity contribution in [1.29, 1.82) is 0 Å². The van der Waals surface area contributed by atoms with Crippen molar-refractivity contribution in [2.75, 3.05) is 6.61 Å². The van der Waals surface area contributed by atoms with E-state index in [1.807, 2.05) is 80.5 Å². The Bertz CT molecular complexity index is 4390. The van der Waals surface area contributed by atoms with Crippen LogP contribution in [0, 0.1) is 38.5 Å². The number of nitrogens with zero attached hydrogens (tertiary/aromatic N) is 12. The molecule has 9 aromatic rings. The Balaban J connectivity index is 0.000000210. The van der Waals surface area contributed by atoms with Gasteiger partial charge in [-0.25, -0.2) is 29.3 Å². The van der Waals surface area contributed by atoms with Crippen LogP contribution < -0.4 is 48.0 Å². The van der Waals surface area contributed by atoms with E-state index in [0.717, 1.165) is 58.8 Å². The fourth-order valence-corrected chi connectivity index (χ4v) is 9.90. The van der Waals surface area contributed by atoms with Crippen LogP contribution in [0.2, 0.25) is 0 Å². The van der Waals surface area contributed by atoms with E-state index in [0.29, 0.717) is 113 Å². The molecule has 1 atom stereocenters. The highest BCUT2D eigenvalue weighted by molar-refractivity contribution is 5.82. The fraction of sp³-hybridized carbons (Fsp3) is 0.456. The van der Waals surface area contributed by atoms with Gasteiger partial charge in [-0.3, -0.25) is 56.7 Å². The summed E-state index contributed by atoms with van der Waals surface area (Å²) >= 11 is 0. The topological polar surface area (TPSA) is 295 Å². The van der Waals surface area contributed by atoms with E-state index in [2.05, 4.69) is 43.8 Å². The number of ether oxygens (including phenoxy) is 3. The van der Waals surface area contributed by atoms with Crippen molar-refractivity contribution in [3.63, 3.8) is 0 Å². The summed E-state index contributed by atoms with van der Waals surface area (Å²) in [6.45, 7) is 22.8. The third kappa shape index (κ3) is 18.2. The van der Waals surface area contributed by atoms with Gasteiger partial charge in [0.05, 0.1) is 59.4 Å². The predicted molar refractivity (Wildman–Crippen MR) is 355 cm³/mol. The molecular formula is C68H88N12O12. The van der Waals surface area contributed by atoms with Crippen molar-refractivity contribution >= 4 is 39.4 Å². The van der Waals surface area contributed by atoms with Crippen LogP contribution in [-0.4, -0.2) is 80.4 Å². The quantitative estimate of drug-likeness (QED) is 0.0563. The maximum absolute atomic E-state index is 13.4.